The third-order valence-corrected chi connectivity index (χ3v) is 4.07. The van der Waals surface area contributed by atoms with E-state index in [1.54, 1.807) is 0 Å². The lowest BCUT2D eigenvalue weighted by Gasteiger charge is -2.26. The van der Waals surface area contributed by atoms with Gasteiger partial charge in [-0.05, 0) is 31.6 Å². The Morgan fingerprint density at radius 1 is 1.28 bits per heavy atom. The summed E-state index contributed by atoms with van der Waals surface area (Å²) in [5, 5.41) is 8.49. The van der Waals surface area contributed by atoms with Crippen molar-refractivity contribution in [2.75, 3.05) is 5.88 Å². The highest BCUT2D eigenvalue weighted by Gasteiger charge is 2.40. The van der Waals surface area contributed by atoms with Crippen molar-refractivity contribution in [2.24, 2.45) is 5.92 Å². The van der Waals surface area contributed by atoms with E-state index >= 15 is 0 Å². The molecule has 0 bridgehead atoms. The molecule has 0 aromatic carbocycles. The van der Waals surface area contributed by atoms with Crippen LogP contribution >= 0.6 is 11.6 Å². The van der Waals surface area contributed by atoms with E-state index < -0.39 is 0 Å². The zero-order chi connectivity index (χ0) is 13.0. The Labute approximate surface area is 114 Å². The molecule has 4 heteroatoms. The minimum Gasteiger partial charge on any atom is -0.425 e. The van der Waals surface area contributed by atoms with E-state index in [9.17, 15) is 0 Å². The lowest BCUT2D eigenvalue weighted by molar-refractivity contribution is 0.267. The molecule has 0 spiro atoms. The third kappa shape index (κ3) is 3.05. The molecule has 1 aromatic rings. The molecule has 0 amide bonds. The highest BCUT2D eigenvalue weighted by molar-refractivity contribution is 6.17. The van der Waals surface area contributed by atoms with Crippen molar-refractivity contribution in [3.8, 4) is 0 Å². The van der Waals surface area contributed by atoms with E-state index in [2.05, 4.69) is 24.0 Å². The SMILES string of the molecule is CC(C)CC1(c2nnc(CCCCl)o2)CCCC1. The molecule has 102 valence electrons. The number of nitrogens with zero attached hydrogens (tertiary/aromatic N) is 2. The van der Waals surface area contributed by atoms with Crippen LogP contribution in [0, 0.1) is 5.92 Å². The molecular weight excluding hydrogens is 248 g/mol. The number of halogens is 1. The summed E-state index contributed by atoms with van der Waals surface area (Å²) in [4.78, 5) is 0. The summed E-state index contributed by atoms with van der Waals surface area (Å²) >= 11 is 5.69. The van der Waals surface area contributed by atoms with Crippen LogP contribution in [0.2, 0.25) is 0 Å². The van der Waals surface area contributed by atoms with Gasteiger partial charge in [-0.3, -0.25) is 0 Å². The minimum absolute atomic E-state index is 0.153. The number of aromatic nitrogens is 2. The molecule has 1 aliphatic carbocycles. The predicted molar refractivity (Wildman–Crippen MR) is 72.9 cm³/mol. The van der Waals surface area contributed by atoms with Crippen LogP contribution in [0.25, 0.3) is 0 Å². The van der Waals surface area contributed by atoms with Crippen molar-refractivity contribution in [3.63, 3.8) is 0 Å². The molecule has 3 nitrogen and oxygen atoms in total. The van der Waals surface area contributed by atoms with Gasteiger partial charge in [0.2, 0.25) is 11.8 Å². The third-order valence-electron chi connectivity index (χ3n) is 3.80. The first kappa shape index (κ1) is 13.9. The van der Waals surface area contributed by atoms with Gasteiger partial charge in [0.25, 0.3) is 0 Å². The maximum Gasteiger partial charge on any atom is 0.222 e. The van der Waals surface area contributed by atoms with Gasteiger partial charge in [-0.25, -0.2) is 0 Å². The van der Waals surface area contributed by atoms with E-state index in [0.29, 0.717) is 11.8 Å². The van der Waals surface area contributed by atoms with Gasteiger partial charge in [-0.2, -0.15) is 0 Å². The highest BCUT2D eigenvalue weighted by atomic mass is 35.5. The summed E-state index contributed by atoms with van der Waals surface area (Å²) in [6.07, 6.45) is 7.82. The van der Waals surface area contributed by atoms with Gasteiger partial charge in [0.1, 0.15) is 0 Å². The Morgan fingerprint density at radius 2 is 2.00 bits per heavy atom. The van der Waals surface area contributed by atoms with Crippen LogP contribution in [-0.2, 0) is 11.8 Å². The largest absolute Gasteiger partial charge is 0.425 e. The van der Waals surface area contributed by atoms with Gasteiger partial charge < -0.3 is 4.42 Å². The average molecular weight is 271 g/mol. The van der Waals surface area contributed by atoms with Crippen LogP contribution in [0.1, 0.15) is 64.2 Å². The predicted octanol–water partition coefficient (Wildman–Crippen LogP) is 4.10. The van der Waals surface area contributed by atoms with E-state index in [4.69, 9.17) is 16.0 Å². The van der Waals surface area contributed by atoms with Gasteiger partial charge in [0, 0.05) is 17.7 Å². The average Bonchev–Trinajstić information content (AvgIpc) is 2.94. The zero-order valence-corrected chi connectivity index (χ0v) is 12.2. The molecule has 18 heavy (non-hydrogen) atoms. The number of alkyl halides is 1. The van der Waals surface area contributed by atoms with Crippen molar-refractivity contribution in [3.05, 3.63) is 11.8 Å². The number of hydrogen-bond donors (Lipinski definition) is 0. The van der Waals surface area contributed by atoms with Crippen molar-refractivity contribution in [2.45, 2.75) is 64.2 Å². The van der Waals surface area contributed by atoms with Crippen LogP contribution < -0.4 is 0 Å². The van der Waals surface area contributed by atoms with Crippen LogP contribution in [0.15, 0.2) is 4.42 Å². The van der Waals surface area contributed by atoms with E-state index in [1.807, 2.05) is 0 Å². The number of hydrogen-bond acceptors (Lipinski definition) is 3. The number of rotatable bonds is 6. The van der Waals surface area contributed by atoms with Crippen molar-refractivity contribution >= 4 is 11.6 Å². The molecule has 0 saturated heterocycles. The van der Waals surface area contributed by atoms with Gasteiger partial charge >= 0.3 is 0 Å². The molecule has 0 aliphatic heterocycles. The lowest BCUT2D eigenvalue weighted by atomic mass is 9.78. The molecule has 1 fully saturated rings. The van der Waals surface area contributed by atoms with Crippen molar-refractivity contribution < 1.29 is 4.42 Å². The fraction of sp³-hybridized carbons (Fsp3) is 0.857. The lowest BCUT2D eigenvalue weighted by Crippen LogP contribution is -2.24. The second kappa shape index (κ2) is 6.05. The fourth-order valence-corrected chi connectivity index (χ4v) is 3.26. The monoisotopic (exact) mass is 270 g/mol. The summed E-state index contributed by atoms with van der Waals surface area (Å²) in [7, 11) is 0. The van der Waals surface area contributed by atoms with Crippen molar-refractivity contribution in [1.82, 2.24) is 10.2 Å². The van der Waals surface area contributed by atoms with Gasteiger partial charge in [-0.1, -0.05) is 26.7 Å². The van der Waals surface area contributed by atoms with Crippen LogP contribution in [-0.4, -0.2) is 16.1 Å². The standard InChI is InChI=1S/C14H23ClN2O/c1-11(2)10-14(7-3-4-8-14)13-17-16-12(18-13)6-5-9-15/h11H,3-10H2,1-2H3. The molecule has 0 N–H and O–H groups in total. The second-order valence-electron chi connectivity index (χ2n) is 5.88. The van der Waals surface area contributed by atoms with E-state index in [1.165, 1.54) is 25.7 Å². The van der Waals surface area contributed by atoms with Crippen LogP contribution in [0.3, 0.4) is 0 Å². The molecule has 0 atom stereocenters. The van der Waals surface area contributed by atoms with Crippen LogP contribution in [0.4, 0.5) is 0 Å². The van der Waals surface area contributed by atoms with Gasteiger partial charge in [-0.15, -0.1) is 21.8 Å². The fourth-order valence-electron chi connectivity index (χ4n) is 3.13. The molecule has 1 saturated carbocycles. The smallest absolute Gasteiger partial charge is 0.222 e. The van der Waals surface area contributed by atoms with Crippen LogP contribution in [0.5, 0.6) is 0 Å². The van der Waals surface area contributed by atoms with Crippen molar-refractivity contribution in [1.29, 1.82) is 0 Å². The second-order valence-corrected chi connectivity index (χ2v) is 6.26. The molecular formula is C14H23ClN2O. The molecule has 1 aliphatic rings. The summed E-state index contributed by atoms with van der Waals surface area (Å²) in [6.45, 7) is 4.54. The first-order chi connectivity index (χ1) is 8.66. The first-order valence-electron chi connectivity index (χ1n) is 7.05. The molecule has 1 heterocycles. The van der Waals surface area contributed by atoms with E-state index in [-0.39, 0.29) is 5.41 Å². The Kier molecular flexibility index (Phi) is 4.66. The first-order valence-corrected chi connectivity index (χ1v) is 7.58. The maximum absolute atomic E-state index is 5.89. The molecule has 1 aromatic heterocycles. The summed E-state index contributed by atoms with van der Waals surface area (Å²) < 4.78 is 5.89. The number of aryl methyl sites for hydroxylation is 1. The molecule has 0 unspecified atom stereocenters. The normalized spacial score (nSPS) is 18.7. The highest BCUT2D eigenvalue weighted by Crippen LogP contribution is 2.44. The Bertz CT molecular complexity index is 370. The zero-order valence-electron chi connectivity index (χ0n) is 11.4. The summed E-state index contributed by atoms with van der Waals surface area (Å²) in [6, 6.07) is 0. The topological polar surface area (TPSA) is 38.9 Å². The summed E-state index contributed by atoms with van der Waals surface area (Å²) in [5.74, 6) is 2.94. The van der Waals surface area contributed by atoms with Gasteiger partial charge in [0.15, 0.2) is 0 Å². The molecule has 2 rings (SSSR count). The summed E-state index contributed by atoms with van der Waals surface area (Å²) in [5.41, 5.74) is 0.153. The Balaban J connectivity index is 2.13. The molecule has 0 radical (unpaired) electrons. The van der Waals surface area contributed by atoms with E-state index in [0.717, 1.165) is 31.0 Å². The maximum atomic E-state index is 5.89. The minimum atomic E-state index is 0.153. The quantitative estimate of drug-likeness (QED) is 0.731. The Morgan fingerprint density at radius 3 is 2.61 bits per heavy atom. The Hall–Kier alpha value is -0.570. The van der Waals surface area contributed by atoms with Gasteiger partial charge in [0.05, 0.1) is 0 Å².